The number of pyridine rings is 1. The van der Waals surface area contributed by atoms with Crippen LogP contribution in [0, 0.1) is 6.92 Å². The molecule has 6 heteroatoms. The third-order valence-electron chi connectivity index (χ3n) is 5.45. The van der Waals surface area contributed by atoms with E-state index in [0.717, 1.165) is 33.3 Å². The maximum atomic E-state index is 14.5. The van der Waals surface area contributed by atoms with E-state index >= 15 is 0 Å². The third kappa shape index (κ3) is 3.86. The van der Waals surface area contributed by atoms with E-state index in [-0.39, 0.29) is 6.61 Å². The number of aromatic amines is 1. The van der Waals surface area contributed by atoms with Gasteiger partial charge in [-0.3, -0.25) is 9.88 Å². The predicted octanol–water partition coefficient (Wildman–Crippen LogP) is 4.16. The molecule has 1 aliphatic rings. The molecule has 1 saturated heterocycles. The number of aromatic nitrogens is 3. The Kier molecular flexibility index (Phi) is 4.73. The number of rotatable bonds is 5. The number of benzene rings is 2. The highest BCUT2D eigenvalue weighted by atomic mass is 19.1. The first kappa shape index (κ1) is 18.2. The van der Waals surface area contributed by atoms with Crippen LogP contribution in [0.15, 0.2) is 54.7 Å². The topological polar surface area (TPSA) is 54.0 Å². The molecule has 0 amide bonds. The molecule has 1 aliphatic heterocycles. The Morgan fingerprint density at radius 1 is 1.14 bits per heavy atom. The van der Waals surface area contributed by atoms with Crippen LogP contribution < -0.4 is 0 Å². The fourth-order valence-corrected chi connectivity index (χ4v) is 3.99. The van der Waals surface area contributed by atoms with E-state index in [4.69, 9.17) is 4.74 Å². The number of ether oxygens (including phenoxy) is 1. The van der Waals surface area contributed by atoms with Crippen molar-refractivity contribution in [3.05, 3.63) is 71.7 Å². The highest BCUT2D eigenvalue weighted by molar-refractivity contribution is 5.78. The van der Waals surface area contributed by atoms with Crippen molar-refractivity contribution in [3.8, 4) is 0 Å². The van der Waals surface area contributed by atoms with Crippen LogP contribution in [0.2, 0.25) is 0 Å². The van der Waals surface area contributed by atoms with Crippen molar-refractivity contribution in [1.29, 1.82) is 0 Å². The first-order valence-electron chi connectivity index (χ1n) is 9.91. The number of fused-ring (bicyclic) bond motifs is 2. The number of nitrogens with one attached hydrogen (secondary N) is 1. The summed E-state index contributed by atoms with van der Waals surface area (Å²) < 4.78 is 20.4. The summed E-state index contributed by atoms with van der Waals surface area (Å²) in [5, 5.41) is 1.11. The summed E-state index contributed by atoms with van der Waals surface area (Å²) in [6.45, 7) is 3.93. The molecule has 0 bridgehead atoms. The lowest BCUT2D eigenvalue weighted by Gasteiger charge is -2.15. The lowest BCUT2D eigenvalue weighted by atomic mass is 10.1. The number of hydrogen-bond acceptors (Lipinski definition) is 4. The number of aryl methyl sites for hydroxylation is 1. The summed E-state index contributed by atoms with van der Waals surface area (Å²) in [5.41, 5.74) is 5.12. The Labute approximate surface area is 168 Å². The molecule has 0 radical (unpaired) electrons. The van der Waals surface area contributed by atoms with Gasteiger partial charge in [-0.15, -0.1) is 0 Å². The molecular weight excluding hydrogens is 367 g/mol. The Hall–Kier alpha value is -2.83. The van der Waals surface area contributed by atoms with Gasteiger partial charge in [0.15, 0.2) is 0 Å². The molecule has 5 nitrogen and oxygen atoms in total. The molecule has 0 aliphatic carbocycles. The van der Waals surface area contributed by atoms with Crippen LogP contribution in [0.1, 0.15) is 17.0 Å². The Morgan fingerprint density at radius 3 is 2.97 bits per heavy atom. The molecule has 4 aromatic rings. The average molecular weight is 390 g/mol. The zero-order chi connectivity index (χ0) is 19.8. The lowest BCUT2D eigenvalue weighted by Crippen LogP contribution is -2.24. The van der Waals surface area contributed by atoms with Gasteiger partial charge in [-0.1, -0.05) is 24.3 Å². The zero-order valence-electron chi connectivity index (χ0n) is 16.3. The standard InChI is InChI=1S/C23H23FN4O/c1-15-6-7-20-21(8-15)27-23(26-20)14-29-22-13-28(12-18(22)24)11-16-9-17-4-2-3-5-19(17)25-10-16/h2-10,18,22H,11-14H2,1H3,(H,26,27). The summed E-state index contributed by atoms with van der Waals surface area (Å²) >= 11 is 0. The SMILES string of the molecule is Cc1ccc2nc(COC3CN(Cc4cnc5ccccc5c4)CC3F)[nH]c2c1. The summed E-state index contributed by atoms with van der Waals surface area (Å²) in [7, 11) is 0. The van der Waals surface area contributed by atoms with Gasteiger partial charge in [-0.05, 0) is 42.3 Å². The number of hydrogen-bond donors (Lipinski definition) is 1. The molecule has 0 saturated carbocycles. The molecular formula is C23H23FN4O. The first-order valence-corrected chi connectivity index (χ1v) is 9.91. The molecule has 2 unspecified atom stereocenters. The second-order valence-corrected chi connectivity index (χ2v) is 7.80. The molecule has 0 spiro atoms. The van der Waals surface area contributed by atoms with Gasteiger partial charge in [-0.25, -0.2) is 9.37 Å². The van der Waals surface area contributed by atoms with Gasteiger partial charge in [0, 0.05) is 31.2 Å². The smallest absolute Gasteiger partial charge is 0.140 e. The normalized spacial score (nSPS) is 20.1. The van der Waals surface area contributed by atoms with Gasteiger partial charge in [-0.2, -0.15) is 0 Å². The molecule has 5 rings (SSSR count). The minimum absolute atomic E-state index is 0.282. The summed E-state index contributed by atoms with van der Waals surface area (Å²) in [6.07, 6.45) is 0.425. The number of nitrogens with zero attached hydrogens (tertiary/aromatic N) is 3. The fraction of sp³-hybridized carbons (Fsp3) is 0.304. The minimum atomic E-state index is -1.00. The largest absolute Gasteiger partial charge is 0.366 e. The van der Waals surface area contributed by atoms with Crippen LogP contribution in [0.3, 0.4) is 0 Å². The van der Waals surface area contributed by atoms with Gasteiger partial charge in [0.1, 0.15) is 24.7 Å². The summed E-state index contributed by atoms with van der Waals surface area (Å²) in [5.74, 6) is 0.731. The maximum Gasteiger partial charge on any atom is 0.140 e. The number of likely N-dealkylation sites (tertiary alicyclic amines) is 1. The first-order chi connectivity index (χ1) is 14.1. The highest BCUT2D eigenvalue weighted by Crippen LogP contribution is 2.22. The Balaban J connectivity index is 1.21. The van der Waals surface area contributed by atoms with E-state index in [0.29, 0.717) is 19.6 Å². The second-order valence-electron chi connectivity index (χ2n) is 7.80. The van der Waals surface area contributed by atoms with Gasteiger partial charge < -0.3 is 9.72 Å². The Morgan fingerprint density at radius 2 is 2.03 bits per heavy atom. The van der Waals surface area contributed by atoms with E-state index in [2.05, 4.69) is 38.1 Å². The summed E-state index contributed by atoms with van der Waals surface area (Å²) in [4.78, 5) is 14.4. The van der Waals surface area contributed by atoms with Crippen LogP contribution in [0.4, 0.5) is 4.39 Å². The average Bonchev–Trinajstić information content (AvgIpc) is 3.28. The summed E-state index contributed by atoms with van der Waals surface area (Å²) in [6, 6.07) is 16.2. The number of halogens is 1. The molecule has 1 N–H and O–H groups in total. The van der Waals surface area contributed by atoms with Gasteiger partial charge in [0.2, 0.25) is 0 Å². The molecule has 29 heavy (non-hydrogen) atoms. The van der Waals surface area contributed by atoms with Crippen molar-refractivity contribution in [2.24, 2.45) is 0 Å². The van der Waals surface area contributed by atoms with Crippen LogP contribution in [-0.2, 0) is 17.9 Å². The number of imidazole rings is 1. The van der Waals surface area contributed by atoms with E-state index in [1.54, 1.807) is 0 Å². The lowest BCUT2D eigenvalue weighted by molar-refractivity contribution is 0.00863. The maximum absolute atomic E-state index is 14.5. The van der Waals surface area contributed by atoms with E-state index in [9.17, 15) is 4.39 Å². The van der Waals surface area contributed by atoms with Crippen molar-refractivity contribution in [2.75, 3.05) is 13.1 Å². The van der Waals surface area contributed by atoms with Gasteiger partial charge in [0.25, 0.3) is 0 Å². The zero-order valence-corrected chi connectivity index (χ0v) is 16.3. The minimum Gasteiger partial charge on any atom is -0.366 e. The highest BCUT2D eigenvalue weighted by Gasteiger charge is 2.33. The molecule has 148 valence electrons. The quantitative estimate of drug-likeness (QED) is 0.556. The van der Waals surface area contributed by atoms with Crippen molar-refractivity contribution in [3.63, 3.8) is 0 Å². The predicted molar refractivity (Wildman–Crippen MR) is 111 cm³/mol. The van der Waals surface area contributed by atoms with Crippen LogP contribution in [-0.4, -0.2) is 45.2 Å². The second kappa shape index (κ2) is 7.54. The fourth-order valence-electron chi connectivity index (χ4n) is 3.99. The molecule has 1 fully saturated rings. The number of para-hydroxylation sites is 1. The van der Waals surface area contributed by atoms with E-state index in [1.165, 1.54) is 5.56 Å². The van der Waals surface area contributed by atoms with Crippen molar-refractivity contribution >= 4 is 21.9 Å². The van der Waals surface area contributed by atoms with E-state index < -0.39 is 12.3 Å². The monoisotopic (exact) mass is 390 g/mol. The van der Waals surface area contributed by atoms with Gasteiger partial charge in [0.05, 0.1) is 16.6 Å². The molecule has 2 aromatic carbocycles. The number of alkyl halides is 1. The number of H-pyrrole nitrogens is 1. The van der Waals surface area contributed by atoms with Crippen LogP contribution >= 0.6 is 0 Å². The van der Waals surface area contributed by atoms with Crippen molar-refractivity contribution < 1.29 is 9.13 Å². The van der Waals surface area contributed by atoms with Crippen LogP contribution in [0.25, 0.3) is 21.9 Å². The Bertz CT molecular complexity index is 1160. The van der Waals surface area contributed by atoms with E-state index in [1.807, 2.05) is 43.5 Å². The van der Waals surface area contributed by atoms with Crippen LogP contribution in [0.5, 0.6) is 0 Å². The van der Waals surface area contributed by atoms with Gasteiger partial charge >= 0.3 is 0 Å². The van der Waals surface area contributed by atoms with Crippen molar-refractivity contribution in [2.45, 2.75) is 32.4 Å². The molecule has 3 heterocycles. The third-order valence-corrected chi connectivity index (χ3v) is 5.45. The molecule has 2 aromatic heterocycles. The molecule has 2 atom stereocenters. The van der Waals surface area contributed by atoms with Crippen molar-refractivity contribution in [1.82, 2.24) is 19.9 Å².